The summed E-state index contributed by atoms with van der Waals surface area (Å²) >= 11 is 7.49. The lowest BCUT2D eigenvalue weighted by Crippen LogP contribution is -2.35. The van der Waals surface area contributed by atoms with Crippen LogP contribution >= 0.6 is 45.3 Å². The van der Waals surface area contributed by atoms with Gasteiger partial charge in [-0.2, -0.15) is 0 Å². The zero-order valence-electron chi connectivity index (χ0n) is 40.7. The minimum atomic E-state index is -0.158. The molecule has 0 fully saturated rings. The lowest BCUT2D eigenvalue weighted by Gasteiger charge is -2.36. The number of amides is 2. The first kappa shape index (κ1) is 48.6. The highest BCUT2D eigenvalue weighted by molar-refractivity contribution is 7.28. The Morgan fingerprint density at radius 3 is 1.53 bits per heavy atom. The number of rotatable bonds is 23. The van der Waals surface area contributed by atoms with E-state index in [4.69, 9.17) is 0 Å². The van der Waals surface area contributed by atoms with Gasteiger partial charge in [-0.25, -0.2) is 0 Å². The van der Waals surface area contributed by atoms with E-state index in [9.17, 15) is 9.59 Å². The molecule has 0 saturated heterocycles. The van der Waals surface area contributed by atoms with Gasteiger partial charge in [0.25, 0.3) is 11.8 Å². The molecule has 0 bridgehead atoms. The second-order valence-corrected chi connectivity index (χ2v) is 24.9. The van der Waals surface area contributed by atoms with Crippen molar-refractivity contribution < 1.29 is 9.59 Å². The lowest BCUT2D eigenvalue weighted by molar-refractivity contribution is 0.0816. The van der Waals surface area contributed by atoms with Crippen LogP contribution in [0.1, 0.15) is 184 Å². The fraction of sp³-hybridized carbons (Fsp3) is 0.536. The van der Waals surface area contributed by atoms with Crippen LogP contribution in [0.25, 0.3) is 40.7 Å². The summed E-state index contributed by atoms with van der Waals surface area (Å²) in [5, 5.41) is 1.89. The van der Waals surface area contributed by atoms with E-state index in [-0.39, 0.29) is 22.6 Å². The van der Waals surface area contributed by atoms with Crippen molar-refractivity contribution in [3.05, 3.63) is 92.0 Å². The second kappa shape index (κ2) is 20.7. The molecule has 4 nitrogen and oxygen atoms in total. The number of hydrogen-bond acceptors (Lipinski definition) is 6. The summed E-state index contributed by atoms with van der Waals surface area (Å²) in [5.41, 5.74) is 3.68. The van der Waals surface area contributed by atoms with Crippen LogP contribution in [0.15, 0.2) is 60.7 Å². The highest BCUT2D eigenvalue weighted by Gasteiger charge is 2.41. The smallest absolute Gasteiger partial charge is 0.259 e. The molecule has 0 radical (unpaired) electrons. The molecule has 0 saturated carbocycles. The third kappa shape index (κ3) is 10.2. The van der Waals surface area contributed by atoms with E-state index in [1.165, 1.54) is 79.1 Å². The lowest BCUT2D eigenvalue weighted by atomic mass is 9.77. The Labute approximate surface area is 401 Å². The molecule has 2 aliphatic heterocycles. The van der Waals surface area contributed by atoms with Crippen LogP contribution in [0.5, 0.6) is 0 Å². The van der Waals surface area contributed by atoms with Gasteiger partial charge in [0, 0.05) is 85.3 Å². The number of carbonyl (C=O) groups excluding carboxylic acids is 2. The maximum absolute atomic E-state index is 14.7. The number of benzene rings is 1. The Balaban J connectivity index is 1.23. The van der Waals surface area contributed by atoms with Crippen molar-refractivity contribution in [2.75, 3.05) is 13.1 Å². The van der Waals surface area contributed by atoms with Crippen LogP contribution in [-0.2, 0) is 5.41 Å². The maximum atomic E-state index is 14.7. The maximum Gasteiger partial charge on any atom is 0.259 e. The monoisotopic (exact) mass is 934 g/mol. The van der Waals surface area contributed by atoms with Gasteiger partial charge < -0.3 is 9.80 Å². The van der Waals surface area contributed by atoms with E-state index in [2.05, 4.69) is 142 Å². The SMILES string of the molecule is CCCCCCC(C)(CC)C1=c2cc3c(cc2C(=O)N1CCC(C)C)=C(c1ccc(-c2ccc(-c4ccc(-c5ccc(C(C)(CCC)CCC(C)C)s5)s4)s2)s1)N(CCC(C)C)C3=O. The highest BCUT2D eigenvalue weighted by atomic mass is 32.1. The Hall–Kier alpha value is -3.30. The first-order chi connectivity index (χ1) is 30.6. The molecule has 2 atom stereocenters. The van der Waals surface area contributed by atoms with Crippen LogP contribution in [0.3, 0.4) is 0 Å². The van der Waals surface area contributed by atoms with Gasteiger partial charge in [-0.1, -0.05) is 115 Å². The molecule has 6 heterocycles. The van der Waals surface area contributed by atoms with Crippen molar-refractivity contribution in [1.29, 1.82) is 0 Å². The van der Waals surface area contributed by atoms with Gasteiger partial charge in [-0.05, 0) is 117 Å². The minimum Gasteiger partial charge on any atom is -0.311 e. The number of nitrogens with zero attached hydrogens (tertiary/aromatic N) is 2. The molecule has 0 aliphatic carbocycles. The molecule has 0 N–H and O–H groups in total. The van der Waals surface area contributed by atoms with Gasteiger partial charge in [-0.3, -0.25) is 9.59 Å². The average molecular weight is 935 g/mol. The number of fused-ring (bicyclic) bond motifs is 2. The van der Waals surface area contributed by atoms with Crippen molar-refractivity contribution in [3.63, 3.8) is 0 Å². The van der Waals surface area contributed by atoms with Gasteiger partial charge in [0.05, 0.1) is 10.6 Å². The van der Waals surface area contributed by atoms with Crippen molar-refractivity contribution in [1.82, 2.24) is 9.80 Å². The summed E-state index contributed by atoms with van der Waals surface area (Å²) in [6, 6.07) is 22.5. The van der Waals surface area contributed by atoms with Crippen LogP contribution in [-0.4, -0.2) is 34.7 Å². The van der Waals surface area contributed by atoms with Crippen LogP contribution < -0.4 is 10.4 Å². The Bertz CT molecular complexity index is 2550. The van der Waals surface area contributed by atoms with Gasteiger partial charge >= 0.3 is 0 Å². The molecular weight excluding hydrogens is 861 g/mol. The largest absolute Gasteiger partial charge is 0.311 e. The summed E-state index contributed by atoms with van der Waals surface area (Å²) in [5.74, 6) is 1.82. The summed E-state index contributed by atoms with van der Waals surface area (Å²) in [6.45, 7) is 26.6. The fourth-order valence-electron chi connectivity index (χ4n) is 9.78. The molecule has 1 aromatic carbocycles. The van der Waals surface area contributed by atoms with Crippen LogP contribution in [0, 0.1) is 23.2 Å². The van der Waals surface area contributed by atoms with Crippen molar-refractivity contribution in [2.45, 2.75) is 159 Å². The molecule has 2 unspecified atom stereocenters. The standard InChI is InChI=1S/C56H74N2O2S4/c1-12-15-16-17-30-55(10,14-3)52-40-35-41-39(34-42(40)54(60)58(52)33-28-38(8)9)51(57(53(41)59)32-27-37(6)7)49-23-22-46(63-49)45-19-18-43(61-45)44-20-21-47(62-44)48-24-25-50(64-48)56(11,29-13-2)31-26-36(4)5/h18-25,34-38H,12-17,26-33H2,1-11H3. The molecule has 4 aromatic heterocycles. The van der Waals surface area contributed by atoms with Gasteiger partial charge in [-0.15, -0.1) is 45.3 Å². The predicted octanol–water partition coefficient (Wildman–Crippen LogP) is 16.1. The van der Waals surface area contributed by atoms with Crippen molar-refractivity contribution in [2.24, 2.45) is 23.2 Å². The third-order valence-corrected chi connectivity index (χ3v) is 19.3. The molecule has 2 amide bonds. The van der Waals surface area contributed by atoms with Gasteiger partial charge in [0.2, 0.25) is 0 Å². The Kier molecular flexibility index (Phi) is 15.7. The van der Waals surface area contributed by atoms with E-state index in [0.29, 0.717) is 24.9 Å². The number of thiophene rings is 4. The number of hydrogen-bond donors (Lipinski definition) is 0. The molecule has 5 aromatic rings. The highest BCUT2D eigenvalue weighted by Crippen LogP contribution is 2.47. The normalized spacial score (nSPS) is 16.0. The van der Waals surface area contributed by atoms with Crippen LogP contribution in [0.2, 0.25) is 0 Å². The third-order valence-electron chi connectivity index (χ3n) is 14.0. The Morgan fingerprint density at radius 1 is 0.500 bits per heavy atom. The van der Waals surface area contributed by atoms with E-state index >= 15 is 0 Å². The van der Waals surface area contributed by atoms with E-state index < -0.39 is 0 Å². The first-order valence-electron chi connectivity index (χ1n) is 24.6. The molecule has 0 spiro atoms. The predicted molar refractivity (Wildman–Crippen MR) is 280 cm³/mol. The van der Waals surface area contributed by atoms with E-state index in [0.717, 1.165) is 75.9 Å². The number of carbonyl (C=O) groups is 2. The molecular formula is C56H74N2O2S4. The van der Waals surface area contributed by atoms with Crippen molar-refractivity contribution in [3.8, 4) is 29.3 Å². The van der Waals surface area contributed by atoms with E-state index in [1.807, 2.05) is 38.9 Å². The second-order valence-electron chi connectivity index (χ2n) is 20.5. The molecule has 2 aliphatic rings. The fourth-order valence-corrected chi connectivity index (χ4v) is 14.3. The summed E-state index contributed by atoms with van der Waals surface area (Å²) in [7, 11) is 0. The summed E-state index contributed by atoms with van der Waals surface area (Å²) in [4.78, 5) is 43.9. The molecule has 64 heavy (non-hydrogen) atoms. The summed E-state index contributed by atoms with van der Waals surface area (Å²) in [6.07, 6.45) is 13.6. The Morgan fingerprint density at radius 2 is 0.984 bits per heavy atom. The van der Waals surface area contributed by atoms with Gasteiger partial charge in [0.1, 0.15) is 0 Å². The topological polar surface area (TPSA) is 40.6 Å². The first-order valence-corrected chi connectivity index (χ1v) is 27.9. The van der Waals surface area contributed by atoms with Crippen LogP contribution in [0.4, 0.5) is 0 Å². The van der Waals surface area contributed by atoms with E-state index in [1.54, 1.807) is 11.3 Å². The summed E-state index contributed by atoms with van der Waals surface area (Å²) < 4.78 is 0. The molecule has 8 heteroatoms. The zero-order chi connectivity index (χ0) is 45.9. The zero-order valence-corrected chi connectivity index (χ0v) is 44.0. The molecule has 344 valence electrons. The van der Waals surface area contributed by atoms with Gasteiger partial charge in [0.15, 0.2) is 0 Å². The quantitative estimate of drug-likeness (QED) is 0.0612. The minimum absolute atomic E-state index is 0.0623. The van der Waals surface area contributed by atoms with Crippen molar-refractivity contribution >= 4 is 68.6 Å². The average Bonchev–Trinajstić information content (AvgIpc) is 4.13. The number of unbranched alkanes of at least 4 members (excludes halogenated alkanes) is 3. The molecule has 7 rings (SSSR count).